The maximum Gasteiger partial charge on any atom is 0.153 e. The second-order valence-corrected chi connectivity index (χ2v) is 5.68. The van der Waals surface area contributed by atoms with Gasteiger partial charge in [0.15, 0.2) is 5.78 Å². The van der Waals surface area contributed by atoms with Crippen LogP contribution in [0.15, 0.2) is 0 Å². The van der Waals surface area contributed by atoms with E-state index in [0.29, 0.717) is 11.5 Å². The SMILES string of the molecule is CC(=O)CSCC(NC(C)C)C(=O)C(C)C. The second kappa shape index (κ2) is 7.85. The van der Waals surface area contributed by atoms with Gasteiger partial charge in [-0.15, -0.1) is 0 Å². The summed E-state index contributed by atoms with van der Waals surface area (Å²) in [5.74, 6) is 1.58. The molecule has 0 fully saturated rings. The zero-order valence-electron chi connectivity index (χ0n) is 10.9. The fraction of sp³-hybridized carbons (Fsp3) is 0.833. The zero-order valence-corrected chi connectivity index (χ0v) is 11.7. The molecule has 4 heteroatoms. The van der Waals surface area contributed by atoms with Crippen molar-refractivity contribution in [3.63, 3.8) is 0 Å². The molecule has 0 aromatic rings. The van der Waals surface area contributed by atoms with Crippen LogP contribution in [0.25, 0.3) is 0 Å². The molecule has 1 atom stereocenters. The van der Waals surface area contributed by atoms with E-state index in [9.17, 15) is 9.59 Å². The lowest BCUT2D eigenvalue weighted by Crippen LogP contribution is -2.44. The van der Waals surface area contributed by atoms with Gasteiger partial charge < -0.3 is 5.32 Å². The van der Waals surface area contributed by atoms with E-state index in [-0.39, 0.29) is 29.6 Å². The number of nitrogens with one attached hydrogen (secondary N) is 1. The Morgan fingerprint density at radius 1 is 1.19 bits per heavy atom. The van der Waals surface area contributed by atoms with Crippen molar-refractivity contribution in [3.05, 3.63) is 0 Å². The molecule has 0 rings (SSSR count). The molecule has 94 valence electrons. The van der Waals surface area contributed by atoms with E-state index in [1.165, 1.54) is 11.8 Å². The Morgan fingerprint density at radius 2 is 1.75 bits per heavy atom. The molecule has 16 heavy (non-hydrogen) atoms. The molecule has 0 bridgehead atoms. The van der Waals surface area contributed by atoms with E-state index in [4.69, 9.17) is 0 Å². The van der Waals surface area contributed by atoms with Crippen molar-refractivity contribution in [3.8, 4) is 0 Å². The van der Waals surface area contributed by atoms with Gasteiger partial charge in [0, 0.05) is 17.7 Å². The van der Waals surface area contributed by atoms with E-state index < -0.39 is 0 Å². The molecule has 0 aliphatic rings. The molecule has 0 aromatic carbocycles. The minimum atomic E-state index is -0.135. The number of hydrogen-bond donors (Lipinski definition) is 1. The van der Waals surface area contributed by atoms with E-state index in [1.807, 2.05) is 27.7 Å². The molecule has 0 amide bonds. The lowest BCUT2D eigenvalue weighted by Gasteiger charge is -2.21. The molecule has 1 unspecified atom stereocenters. The number of Topliss-reactive ketones (excluding diaryl/α,β-unsaturated/α-hetero) is 2. The van der Waals surface area contributed by atoms with Crippen molar-refractivity contribution in [2.45, 2.75) is 46.7 Å². The van der Waals surface area contributed by atoms with Gasteiger partial charge in [-0.3, -0.25) is 9.59 Å². The number of carbonyl (C=O) groups excluding carboxylic acids is 2. The molecule has 0 spiro atoms. The van der Waals surface area contributed by atoms with Crippen LogP contribution >= 0.6 is 11.8 Å². The predicted molar refractivity (Wildman–Crippen MR) is 69.9 cm³/mol. The van der Waals surface area contributed by atoms with Crippen LogP contribution in [0.5, 0.6) is 0 Å². The highest BCUT2D eigenvalue weighted by Gasteiger charge is 2.21. The average molecular weight is 245 g/mol. The summed E-state index contributed by atoms with van der Waals surface area (Å²) in [7, 11) is 0. The number of carbonyl (C=O) groups is 2. The van der Waals surface area contributed by atoms with Crippen LogP contribution in [-0.4, -0.2) is 35.2 Å². The van der Waals surface area contributed by atoms with Crippen LogP contribution in [-0.2, 0) is 9.59 Å². The first kappa shape index (κ1) is 15.7. The summed E-state index contributed by atoms with van der Waals surface area (Å²) in [5, 5.41) is 3.25. The molecular weight excluding hydrogens is 222 g/mol. The van der Waals surface area contributed by atoms with Gasteiger partial charge >= 0.3 is 0 Å². The lowest BCUT2D eigenvalue weighted by molar-refractivity contribution is -0.123. The normalized spacial score (nSPS) is 13.2. The zero-order chi connectivity index (χ0) is 12.7. The van der Waals surface area contributed by atoms with Crippen LogP contribution in [0.4, 0.5) is 0 Å². The third-order valence-corrected chi connectivity index (χ3v) is 3.22. The summed E-state index contributed by atoms with van der Waals surface area (Å²) >= 11 is 1.52. The summed E-state index contributed by atoms with van der Waals surface area (Å²) in [6.45, 7) is 9.44. The Bertz CT molecular complexity index is 239. The quantitative estimate of drug-likeness (QED) is 0.709. The first-order valence-corrected chi connectivity index (χ1v) is 6.87. The van der Waals surface area contributed by atoms with Crippen LogP contribution in [0.2, 0.25) is 0 Å². The maximum atomic E-state index is 11.9. The third-order valence-electron chi connectivity index (χ3n) is 2.04. The Hall–Kier alpha value is -0.350. The van der Waals surface area contributed by atoms with Gasteiger partial charge in [0.2, 0.25) is 0 Å². The van der Waals surface area contributed by atoms with Crippen LogP contribution in [0.1, 0.15) is 34.6 Å². The topological polar surface area (TPSA) is 46.2 Å². The van der Waals surface area contributed by atoms with Crippen molar-refractivity contribution in [2.75, 3.05) is 11.5 Å². The summed E-state index contributed by atoms with van der Waals surface area (Å²) < 4.78 is 0. The van der Waals surface area contributed by atoms with E-state index in [0.717, 1.165) is 0 Å². The molecule has 0 heterocycles. The highest BCUT2D eigenvalue weighted by Crippen LogP contribution is 2.09. The number of ketones is 2. The minimum absolute atomic E-state index is 0.0363. The van der Waals surface area contributed by atoms with E-state index in [2.05, 4.69) is 5.32 Å². The minimum Gasteiger partial charge on any atom is -0.305 e. The summed E-state index contributed by atoms with van der Waals surface area (Å²) in [6.07, 6.45) is 0. The van der Waals surface area contributed by atoms with Crippen LogP contribution in [0.3, 0.4) is 0 Å². The van der Waals surface area contributed by atoms with Crippen molar-refractivity contribution in [2.24, 2.45) is 5.92 Å². The van der Waals surface area contributed by atoms with Gasteiger partial charge in [0.1, 0.15) is 5.78 Å². The summed E-state index contributed by atoms with van der Waals surface area (Å²) in [6, 6.07) is 0.148. The maximum absolute atomic E-state index is 11.9. The first-order valence-electron chi connectivity index (χ1n) is 5.71. The molecule has 1 N–H and O–H groups in total. The first-order chi connectivity index (χ1) is 7.34. The third kappa shape index (κ3) is 7.01. The number of rotatable bonds is 8. The van der Waals surface area contributed by atoms with Gasteiger partial charge in [-0.25, -0.2) is 0 Å². The number of thioether (sulfide) groups is 1. The molecule has 0 aromatic heterocycles. The van der Waals surface area contributed by atoms with E-state index in [1.54, 1.807) is 6.92 Å². The van der Waals surface area contributed by atoms with Gasteiger partial charge in [0.05, 0.1) is 11.8 Å². The lowest BCUT2D eigenvalue weighted by atomic mass is 10.0. The predicted octanol–water partition coefficient (Wildman–Crippen LogP) is 1.90. The summed E-state index contributed by atoms with van der Waals surface area (Å²) in [4.78, 5) is 22.7. The molecular formula is C12H23NO2S. The summed E-state index contributed by atoms with van der Waals surface area (Å²) in [5.41, 5.74) is 0. The molecule has 0 saturated heterocycles. The highest BCUT2D eigenvalue weighted by molar-refractivity contribution is 8.00. The van der Waals surface area contributed by atoms with Crippen molar-refractivity contribution >= 4 is 23.3 Å². The van der Waals surface area contributed by atoms with Crippen LogP contribution < -0.4 is 5.32 Å². The van der Waals surface area contributed by atoms with Gasteiger partial charge in [-0.05, 0) is 6.92 Å². The Labute approximate surface area is 103 Å². The van der Waals surface area contributed by atoms with Gasteiger partial charge in [-0.1, -0.05) is 27.7 Å². The fourth-order valence-corrected chi connectivity index (χ4v) is 2.24. The monoisotopic (exact) mass is 245 g/mol. The molecule has 3 nitrogen and oxygen atoms in total. The Balaban J connectivity index is 4.20. The van der Waals surface area contributed by atoms with Gasteiger partial charge in [-0.2, -0.15) is 11.8 Å². The second-order valence-electron chi connectivity index (χ2n) is 4.65. The van der Waals surface area contributed by atoms with Crippen molar-refractivity contribution < 1.29 is 9.59 Å². The number of hydrogen-bond acceptors (Lipinski definition) is 4. The van der Waals surface area contributed by atoms with Gasteiger partial charge in [0.25, 0.3) is 0 Å². The Kier molecular flexibility index (Phi) is 7.68. The molecule has 0 radical (unpaired) electrons. The fourth-order valence-electron chi connectivity index (χ4n) is 1.34. The van der Waals surface area contributed by atoms with Crippen LogP contribution in [0, 0.1) is 5.92 Å². The largest absolute Gasteiger partial charge is 0.305 e. The Morgan fingerprint density at radius 3 is 2.12 bits per heavy atom. The molecule has 0 aliphatic heterocycles. The average Bonchev–Trinajstić information content (AvgIpc) is 2.13. The molecule has 0 saturated carbocycles. The highest BCUT2D eigenvalue weighted by atomic mass is 32.2. The van der Waals surface area contributed by atoms with Crippen molar-refractivity contribution in [1.82, 2.24) is 5.32 Å². The molecule has 0 aliphatic carbocycles. The van der Waals surface area contributed by atoms with Crippen molar-refractivity contribution in [1.29, 1.82) is 0 Å². The smallest absolute Gasteiger partial charge is 0.153 e. The van der Waals surface area contributed by atoms with E-state index >= 15 is 0 Å². The standard InChI is InChI=1S/C12H23NO2S/c1-8(2)12(15)11(13-9(3)4)7-16-6-10(5)14/h8-9,11,13H,6-7H2,1-5H3.